The van der Waals surface area contributed by atoms with Gasteiger partial charge < -0.3 is 60.7 Å². The minimum atomic E-state index is -1.06. The van der Waals surface area contributed by atoms with Crippen LogP contribution in [-0.2, 0) is 23.7 Å². The maximum Gasteiger partial charge on any atom is 0.519 e. The van der Waals surface area contributed by atoms with Gasteiger partial charge in [-0.25, -0.2) is 19.2 Å². The molecule has 0 spiro atoms. The van der Waals surface area contributed by atoms with E-state index in [2.05, 4.69) is 88.2 Å². The summed E-state index contributed by atoms with van der Waals surface area (Å²) in [6, 6.07) is 61.9. The number of aliphatic hydroxyl groups excluding tert-OH is 1. The van der Waals surface area contributed by atoms with Gasteiger partial charge in [-0.2, -0.15) is 0 Å². The third-order valence-corrected chi connectivity index (χ3v) is 13.7. The van der Waals surface area contributed by atoms with Crippen molar-refractivity contribution < 1.29 is 48.0 Å². The molecule has 0 aliphatic carbocycles. The van der Waals surface area contributed by atoms with Crippen LogP contribution < -0.4 is 22.1 Å². The van der Waals surface area contributed by atoms with Gasteiger partial charge in [-0.15, -0.1) is 0 Å². The van der Waals surface area contributed by atoms with Crippen LogP contribution in [0.5, 0.6) is 0 Å². The Morgan fingerprint density at radius 2 is 0.724 bits per heavy atom. The number of aliphatic imine (C=N–C) groups is 2. The number of hydrogen-bond donors (Lipinski definition) is 6. The first-order valence-corrected chi connectivity index (χ1v) is 32.5. The molecule has 6 aromatic rings. The molecule has 10 rings (SSSR count). The molecule has 4 atom stereocenters. The number of carbonyl (C=O) groups is 4. The average molecular weight is 1350 g/mol. The molecule has 4 fully saturated rings. The molecule has 0 radical (unpaired) electrons. The summed E-state index contributed by atoms with van der Waals surface area (Å²) in [5, 5.41) is 21.5. The third-order valence-electron chi connectivity index (χ3n) is 13.7. The van der Waals surface area contributed by atoms with Gasteiger partial charge in [0.15, 0.2) is 0 Å². The highest BCUT2D eigenvalue weighted by atomic mass is 16.8. The Hall–Kier alpha value is -8.59. The summed E-state index contributed by atoms with van der Waals surface area (Å²) in [7, 11) is 1.00. The van der Waals surface area contributed by atoms with Gasteiger partial charge in [0.25, 0.3) is 0 Å². The van der Waals surface area contributed by atoms with Gasteiger partial charge in [-0.1, -0.05) is 204 Å². The van der Waals surface area contributed by atoms with E-state index in [9.17, 15) is 19.2 Å². The number of amides is 2. The first kappa shape index (κ1) is 87.4. The van der Waals surface area contributed by atoms with Crippen molar-refractivity contribution in [2.24, 2.45) is 21.5 Å². The van der Waals surface area contributed by atoms with E-state index in [0.717, 1.165) is 99.2 Å². The quantitative estimate of drug-likeness (QED) is 0.0358. The monoisotopic (exact) mass is 1350 g/mol. The van der Waals surface area contributed by atoms with Crippen LogP contribution >= 0.6 is 0 Å². The molecule has 19 nitrogen and oxygen atoms in total. The zero-order valence-electron chi connectivity index (χ0n) is 58.2. The molecule has 0 bridgehead atoms. The van der Waals surface area contributed by atoms with Crippen molar-refractivity contribution in [2.75, 3.05) is 59.5 Å². The molecule has 0 saturated carbocycles. The van der Waals surface area contributed by atoms with Crippen LogP contribution in [0.15, 0.2) is 192 Å². The molecular formula is C79H117N9O10. The number of carbonyl (C=O) groups excluding carboxylic acids is 4. The fourth-order valence-electron chi connectivity index (χ4n) is 9.41. The van der Waals surface area contributed by atoms with Crippen LogP contribution in [0.1, 0.15) is 164 Å². The minimum absolute atomic E-state index is 0. The van der Waals surface area contributed by atoms with Crippen molar-refractivity contribution in [3.8, 4) is 0 Å². The second-order valence-corrected chi connectivity index (χ2v) is 26.8. The van der Waals surface area contributed by atoms with Gasteiger partial charge in [0.2, 0.25) is 0 Å². The Kier molecular flexibility index (Phi) is 39.6. The van der Waals surface area contributed by atoms with Crippen molar-refractivity contribution in [1.29, 1.82) is 5.41 Å². The van der Waals surface area contributed by atoms with Gasteiger partial charge in [-0.3, -0.25) is 15.4 Å². The second kappa shape index (κ2) is 44.4. The number of ether oxygens (including phenoxy) is 5. The molecule has 4 heterocycles. The summed E-state index contributed by atoms with van der Waals surface area (Å²) in [5.74, 6) is 0. The van der Waals surface area contributed by atoms with E-state index < -0.39 is 34.7 Å². The summed E-state index contributed by atoms with van der Waals surface area (Å²) < 4.78 is 24.5. The molecule has 19 heteroatoms. The molecule has 4 aliphatic heterocycles. The van der Waals surface area contributed by atoms with E-state index in [1.54, 1.807) is 51.3 Å². The summed E-state index contributed by atoms with van der Waals surface area (Å²) in [6.07, 6.45) is 1.38. The molecule has 4 aliphatic rings. The molecular weight excluding hydrogens is 1230 g/mol. The van der Waals surface area contributed by atoms with E-state index in [1.165, 1.54) is 11.1 Å². The molecule has 98 heavy (non-hydrogen) atoms. The van der Waals surface area contributed by atoms with E-state index in [1.807, 2.05) is 151 Å². The number of nitrogens with zero attached hydrogens (tertiary/aromatic N) is 4. The molecule has 0 aromatic heterocycles. The summed E-state index contributed by atoms with van der Waals surface area (Å²) in [5.41, 5.74) is 18.0. The lowest BCUT2D eigenvalue weighted by Gasteiger charge is -2.24. The number of hydrogen-bond acceptors (Lipinski definition) is 17. The van der Waals surface area contributed by atoms with Gasteiger partial charge >= 0.3 is 24.5 Å². The standard InChI is InChI=1S/C22H26N2O2.C17H18N2.C13H11N.C10H18O5.C9H18N2O2.C4H10N2.CH4O.3CH4/c1-22(2,3)26-21(25)24-15-14-19(16-24)23-20(17-10-6-4-7-11-17)18-12-8-5-9-13-18;1-3-7-14(8-4-1)17(15-9-5-2-6-10-15)19-16-11-12-18-13-16;14-13(11-7-3-1-4-8-11)12-9-5-2-6-10-12;1-9(2,3)14-7(11)13-8(12)15-10(4,5)6;1-9(2,3)13-8(12)11-5-4-7(10)6-11;5-4-1-2-6-3-4;1-2;;;/h4-13,19H,14-16H2,1-3H3;1-10,16,18H,11-13H2;1-10,14H;1-6H3;7H,4-6,10H2,1-3H3;4,6H,1-3,5H2;2H,1H3;3*1H4/t19-;16-;;;7-;4-;;;;/m11..11..../s1. The topological polar surface area (TPSA) is 266 Å². The molecule has 0 unspecified atom stereocenters. The summed E-state index contributed by atoms with van der Waals surface area (Å²) in [6.45, 7) is 28.1. The van der Waals surface area contributed by atoms with Gasteiger partial charge in [0.1, 0.15) is 22.4 Å². The zero-order chi connectivity index (χ0) is 70.0. The molecule has 4 saturated heterocycles. The van der Waals surface area contributed by atoms with E-state index in [0.29, 0.717) is 37.4 Å². The molecule has 6 aromatic carbocycles. The SMILES string of the molecule is C.C.C.CC(C)(C)OC(=O)N1CC[C@@H](N)C1.CC(C)(C)OC(=O)N1CC[C@@H](N=C(c2ccccc2)c2ccccc2)C1.CC(C)(C)OC(=O)OC(=O)OC(C)(C)C.CO.N=C(c1ccccc1)c1ccccc1.N[C@@H]1CCNC1.c1ccc(C(=N[C@@H]2CCNC2)c2ccccc2)cc1. The first-order chi connectivity index (χ1) is 45.0. The van der Waals surface area contributed by atoms with Crippen molar-refractivity contribution in [1.82, 2.24) is 20.4 Å². The van der Waals surface area contributed by atoms with Gasteiger partial charge in [0.05, 0.1) is 29.2 Å². The number of benzene rings is 6. The van der Waals surface area contributed by atoms with Crippen molar-refractivity contribution >= 4 is 41.6 Å². The van der Waals surface area contributed by atoms with E-state index in [4.69, 9.17) is 50.9 Å². The normalized spacial score (nSPS) is 16.5. The number of nitrogens with two attached hydrogens (primary N) is 2. The van der Waals surface area contributed by atoms with Gasteiger partial charge in [-0.05, 0) is 133 Å². The minimum Gasteiger partial charge on any atom is -0.444 e. The lowest BCUT2D eigenvalue weighted by molar-refractivity contribution is -0.0294. The highest BCUT2D eigenvalue weighted by Crippen LogP contribution is 2.22. The smallest absolute Gasteiger partial charge is 0.444 e. The summed E-state index contributed by atoms with van der Waals surface area (Å²) >= 11 is 0. The van der Waals surface area contributed by atoms with E-state index >= 15 is 0 Å². The van der Waals surface area contributed by atoms with Crippen LogP contribution in [0, 0.1) is 5.41 Å². The average Bonchev–Trinajstić information content (AvgIpc) is 1.27. The molecule has 538 valence electrons. The first-order valence-electron chi connectivity index (χ1n) is 32.5. The van der Waals surface area contributed by atoms with Crippen LogP contribution in [0.4, 0.5) is 19.2 Å². The largest absolute Gasteiger partial charge is 0.519 e. The molecule has 2 amide bonds. The Balaban J connectivity index is 0.000000603. The maximum absolute atomic E-state index is 12.3. The van der Waals surface area contributed by atoms with Crippen LogP contribution in [-0.4, -0.2) is 163 Å². The fourth-order valence-corrected chi connectivity index (χ4v) is 9.41. The number of rotatable bonds is 8. The lowest BCUT2D eigenvalue weighted by Crippen LogP contribution is -2.36. The number of nitrogens with one attached hydrogen (secondary N) is 3. The highest BCUT2D eigenvalue weighted by Gasteiger charge is 2.31. The predicted molar refractivity (Wildman–Crippen MR) is 401 cm³/mol. The Labute approximate surface area is 586 Å². The lowest BCUT2D eigenvalue weighted by atomic mass is 10.0. The van der Waals surface area contributed by atoms with Crippen LogP contribution in [0.2, 0.25) is 0 Å². The van der Waals surface area contributed by atoms with Crippen LogP contribution in [0.25, 0.3) is 0 Å². The Morgan fingerprint density at radius 1 is 0.418 bits per heavy atom. The number of likely N-dealkylation sites (tertiary alicyclic amines) is 2. The number of aliphatic hydroxyl groups is 1. The third kappa shape index (κ3) is 35.6. The van der Waals surface area contributed by atoms with Crippen LogP contribution in [0.3, 0.4) is 0 Å². The van der Waals surface area contributed by atoms with Crippen molar-refractivity contribution in [3.63, 3.8) is 0 Å². The zero-order valence-corrected chi connectivity index (χ0v) is 58.2. The Morgan fingerprint density at radius 3 is 1.00 bits per heavy atom. The Bertz CT molecular complexity index is 3100. The van der Waals surface area contributed by atoms with Crippen molar-refractivity contribution in [2.45, 2.75) is 178 Å². The highest BCUT2D eigenvalue weighted by molar-refractivity contribution is 6.14. The second-order valence-electron chi connectivity index (χ2n) is 26.8. The van der Waals surface area contributed by atoms with Crippen molar-refractivity contribution in [3.05, 3.63) is 215 Å². The van der Waals surface area contributed by atoms with Gasteiger partial charge in [0, 0.05) is 80.7 Å². The molecule has 8 N–H and O–H groups in total. The fraction of sp³-hybridized carbons (Fsp3) is 0.456. The summed E-state index contributed by atoms with van der Waals surface area (Å²) in [4.78, 5) is 59.2. The maximum atomic E-state index is 12.3. The van der Waals surface area contributed by atoms with E-state index in [-0.39, 0.29) is 46.6 Å². The predicted octanol–water partition coefficient (Wildman–Crippen LogP) is 15.2.